The van der Waals surface area contributed by atoms with Crippen LogP contribution in [0.25, 0.3) is 0 Å². The Morgan fingerprint density at radius 3 is 2.48 bits per heavy atom. The molecule has 0 saturated carbocycles. The Morgan fingerprint density at radius 1 is 1.43 bits per heavy atom. The van der Waals surface area contributed by atoms with Gasteiger partial charge in [0.2, 0.25) is 0 Å². The molecule has 21 heavy (non-hydrogen) atoms. The number of carbonyl (C=O) groups is 1. The molecule has 0 saturated heterocycles. The van der Waals surface area contributed by atoms with Gasteiger partial charge in [-0.15, -0.1) is 0 Å². The summed E-state index contributed by atoms with van der Waals surface area (Å²) in [6.45, 7) is 10.2. The van der Waals surface area contributed by atoms with Crippen molar-refractivity contribution >= 4 is 6.03 Å². The van der Waals surface area contributed by atoms with Crippen molar-refractivity contribution in [3.63, 3.8) is 0 Å². The Morgan fingerprint density at radius 2 is 2.05 bits per heavy atom. The van der Waals surface area contributed by atoms with Gasteiger partial charge >= 0.3 is 6.03 Å². The van der Waals surface area contributed by atoms with Crippen molar-refractivity contribution in [3.05, 3.63) is 23.7 Å². The lowest BCUT2D eigenvalue weighted by Gasteiger charge is -2.32. The Balaban J connectivity index is 2.87. The summed E-state index contributed by atoms with van der Waals surface area (Å²) in [5.41, 5.74) is -0.176. The van der Waals surface area contributed by atoms with Crippen LogP contribution >= 0.6 is 0 Å². The minimum atomic E-state index is -0.552. The van der Waals surface area contributed by atoms with Crippen LogP contribution in [0.1, 0.15) is 52.2 Å². The topological polar surface area (TPSA) is 65.7 Å². The summed E-state index contributed by atoms with van der Waals surface area (Å²) in [5.74, 6) is 1.67. The Hall–Kier alpha value is -1.49. The number of hydrogen-bond donors (Lipinski definition) is 2. The number of rotatable bonds is 5. The number of amides is 2. The van der Waals surface area contributed by atoms with E-state index in [9.17, 15) is 9.90 Å². The van der Waals surface area contributed by atoms with Gasteiger partial charge in [-0.3, -0.25) is 0 Å². The molecule has 5 heteroatoms. The monoisotopic (exact) mass is 296 g/mol. The summed E-state index contributed by atoms with van der Waals surface area (Å²) in [4.78, 5) is 13.7. The molecule has 0 spiro atoms. The molecule has 1 heterocycles. The maximum Gasteiger partial charge on any atom is 0.317 e. The molecule has 0 aromatic carbocycles. The first-order chi connectivity index (χ1) is 9.65. The summed E-state index contributed by atoms with van der Waals surface area (Å²) < 4.78 is 5.80. The molecule has 1 rings (SSSR count). The molecule has 0 radical (unpaired) electrons. The Bertz CT molecular complexity index is 460. The summed E-state index contributed by atoms with van der Waals surface area (Å²) in [5, 5.41) is 12.4. The first kappa shape index (κ1) is 17.6. The fourth-order valence-corrected chi connectivity index (χ4v) is 2.17. The molecule has 0 bridgehead atoms. The van der Waals surface area contributed by atoms with Crippen LogP contribution in [-0.4, -0.2) is 35.7 Å². The standard InChI is InChI=1S/C16H28N2O3/c1-7-12-8-9-13(21-12)14(16(3,4)5)17-15(20)18(6)10-11(2)19/h8-9,11,14,19H,7,10H2,1-6H3,(H,17,20). The zero-order chi connectivity index (χ0) is 16.2. The highest BCUT2D eigenvalue weighted by molar-refractivity contribution is 5.74. The maximum atomic E-state index is 12.2. The normalized spacial score (nSPS) is 14.6. The summed E-state index contributed by atoms with van der Waals surface area (Å²) in [6, 6.07) is 3.43. The van der Waals surface area contributed by atoms with Crippen molar-refractivity contribution in [3.8, 4) is 0 Å². The minimum Gasteiger partial charge on any atom is -0.464 e. The molecule has 0 fully saturated rings. The van der Waals surface area contributed by atoms with Crippen molar-refractivity contribution in [2.24, 2.45) is 5.41 Å². The summed E-state index contributed by atoms with van der Waals surface area (Å²) in [6.07, 6.45) is 0.274. The molecule has 0 aliphatic carbocycles. The second-order valence-corrected chi connectivity index (χ2v) is 6.64. The fourth-order valence-electron chi connectivity index (χ4n) is 2.17. The fraction of sp³-hybridized carbons (Fsp3) is 0.688. The third-order valence-corrected chi connectivity index (χ3v) is 3.33. The van der Waals surface area contributed by atoms with Crippen LogP contribution in [0.2, 0.25) is 0 Å². The number of hydrogen-bond acceptors (Lipinski definition) is 3. The average Bonchev–Trinajstić information content (AvgIpc) is 2.81. The zero-order valence-electron chi connectivity index (χ0n) is 13.9. The first-order valence-corrected chi connectivity index (χ1v) is 7.43. The number of carbonyl (C=O) groups excluding carboxylic acids is 1. The van der Waals surface area contributed by atoms with Crippen LogP contribution in [0.3, 0.4) is 0 Å². The van der Waals surface area contributed by atoms with Crippen molar-refractivity contribution in [2.75, 3.05) is 13.6 Å². The molecule has 2 unspecified atom stereocenters. The van der Waals surface area contributed by atoms with Crippen LogP contribution in [0.4, 0.5) is 4.79 Å². The number of aliphatic hydroxyl groups is 1. The summed E-state index contributed by atoms with van der Waals surface area (Å²) in [7, 11) is 1.67. The SMILES string of the molecule is CCc1ccc(C(NC(=O)N(C)CC(C)O)C(C)(C)C)o1. The maximum absolute atomic E-state index is 12.2. The highest BCUT2D eigenvalue weighted by atomic mass is 16.3. The van der Waals surface area contributed by atoms with E-state index in [1.807, 2.05) is 19.1 Å². The molecular formula is C16H28N2O3. The third kappa shape index (κ3) is 5.08. The molecule has 120 valence electrons. The minimum absolute atomic E-state index is 0.176. The molecule has 5 nitrogen and oxygen atoms in total. The van der Waals surface area contributed by atoms with E-state index in [0.29, 0.717) is 6.54 Å². The van der Waals surface area contributed by atoms with Gasteiger partial charge in [0.25, 0.3) is 0 Å². The van der Waals surface area contributed by atoms with Crippen molar-refractivity contribution in [2.45, 2.75) is 53.2 Å². The van der Waals surface area contributed by atoms with Crippen LogP contribution in [0.15, 0.2) is 16.5 Å². The number of urea groups is 1. The second-order valence-electron chi connectivity index (χ2n) is 6.64. The van der Waals surface area contributed by atoms with Crippen LogP contribution in [-0.2, 0) is 6.42 Å². The molecular weight excluding hydrogens is 268 g/mol. The van der Waals surface area contributed by atoms with Gasteiger partial charge < -0.3 is 19.7 Å². The van der Waals surface area contributed by atoms with Gasteiger partial charge in [-0.1, -0.05) is 27.7 Å². The predicted molar refractivity (Wildman–Crippen MR) is 83.1 cm³/mol. The van der Waals surface area contributed by atoms with Crippen molar-refractivity contribution < 1.29 is 14.3 Å². The van der Waals surface area contributed by atoms with Gasteiger partial charge in [0, 0.05) is 20.0 Å². The quantitative estimate of drug-likeness (QED) is 0.878. The van der Waals surface area contributed by atoms with E-state index in [1.165, 1.54) is 4.90 Å². The van der Waals surface area contributed by atoms with E-state index in [0.717, 1.165) is 17.9 Å². The average molecular weight is 296 g/mol. The molecule has 0 aliphatic rings. The molecule has 1 aromatic rings. The predicted octanol–water partition coefficient (Wildman–Crippen LogP) is 2.95. The number of nitrogens with zero attached hydrogens (tertiary/aromatic N) is 1. The van der Waals surface area contributed by atoms with E-state index >= 15 is 0 Å². The summed E-state index contributed by atoms with van der Waals surface area (Å²) >= 11 is 0. The van der Waals surface area contributed by atoms with Crippen LogP contribution in [0, 0.1) is 5.41 Å². The van der Waals surface area contributed by atoms with E-state index < -0.39 is 6.10 Å². The largest absolute Gasteiger partial charge is 0.464 e. The number of likely N-dealkylation sites (N-methyl/N-ethyl adjacent to an activating group) is 1. The van der Waals surface area contributed by atoms with Gasteiger partial charge in [0.05, 0.1) is 12.1 Å². The number of furan rings is 1. The van der Waals surface area contributed by atoms with Gasteiger partial charge in [-0.25, -0.2) is 4.79 Å². The smallest absolute Gasteiger partial charge is 0.317 e. The van der Waals surface area contributed by atoms with Crippen molar-refractivity contribution in [1.82, 2.24) is 10.2 Å². The number of aryl methyl sites for hydroxylation is 1. The number of aliphatic hydroxyl groups excluding tert-OH is 1. The highest BCUT2D eigenvalue weighted by Crippen LogP contribution is 2.33. The molecule has 2 N–H and O–H groups in total. The van der Waals surface area contributed by atoms with Crippen molar-refractivity contribution in [1.29, 1.82) is 0 Å². The third-order valence-electron chi connectivity index (χ3n) is 3.33. The van der Waals surface area contributed by atoms with E-state index in [-0.39, 0.29) is 17.5 Å². The molecule has 0 aliphatic heterocycles. The first-order valence-electron chi connectivity index (χ1n) is 7.43. The Kier molecular flexibility index (Phi) is 5.84. The van der Waals surface area contributed by atoms with Crippen LogP contribution in [0.5, 0.6) is 0 Å². The van der Waals surface area contributed by atoms with Crippen LogP contribution < -0.4 is 5.32 Å². The van der Waals surface area contributed by atoms with E-state index in [4.69, 9.17) is 4.42 Å². The number of nitrogens with one attached hydrogen (secondary N) is 1. The zero-order valence-corrected chi connectivity index (χ0v) is 13.9. The van der Waals surface area contributed by atoms with Gasteiger partial charge in [-0.05, 0) is 24.5 Å². The lowest BCUT2D eigenvalue weighted by molar-refractivity contribution is 0.136. The molecule has 2 atom stereocenters. The highest BCUT2D eigenvalue weighted by Gasteiger charge is 2.31. The molecule has 1 aromatic heterocycles. The van der Waals surface area contributed by atoms with Gasteiger partial charge in [0.1, 0.15) is 11.5 Å². The Labute approximate surface area is 127 Å². The molecule has 2 amide bonds. The van der Waals surface area contributed by atoms with E-state index in [1.54, 1.807) is 14.0 Å². The lowest BCUT2D eigenvalue weighted by Crippen LogP contribution is -2.45. The second kappa shape index (κ2) is 6.98. The van der Waals surface area contributed by atoms with E-state index in [2.05, 4.69) is 26.1 Å². The lowest BCUT2D eigenvalue weighted by atomic mass is 9.85. The van der Waals surface area contributed by atoms with Gasteiger partial charge in [-0.2, -0.15) is 0 Å². The van der Waals surface area contributed by atoms with Gasteiger partial charge in [0.15, 0.2) is 0 Å².